The van der Waals surface area contributed by atoms with Crippen LogP contribution in [0.1, 0.15) is 12.0 Å². The Morgan fingerprint density at radius 2 is 2.57 bits per heavy atom. The Balaban J connectivity index is 1.78. The van der Waals surface area contributed by atoms with Gasteiger partial charge in [0.1, 0.15) is 0 Å². The van der Waals surface area contributed by atoms with Crippen molar-refractivity contribution in [3.63, 3.8) is 0 Å². The van der Waals surface area contributed by atoms with Gasteiger partial charge in [0.15, 0.2) is 0 Å². The summed E-state index contributed by atoms with van der Waals surface area (Å²) in [5.74, 6) is 0. The quantitative estimate of drug-likeness (QED) is 0.768. The lowest BCUT2D eigenvalue weighted by atomic mass is 10.2. The van der Waals surface area contributed by atoms with E-state index in [1.54, 1.807) is 0 Å². The molecular weight excluding hydrogens is 174 g/mol. The molecule has 3 heteroatoms. The molecular formula is C11H17N3. The third-order valence-corrected chi connectivity index (χ3v) is 2.71. The first kappa shape index (κ1) is 9.62. The first-order valence-corrected chi connectivity index (χ1v) is 5.15. The SMILES string of the molecule is CN1CC[C@@H](NCc2cccnc2)C1. The molecule has 76 valence electrons. The minimum Gasteiger partial charge on any atom is -0.309 e. The van der Waals surface area contributed by atoms with E-state index in [1.807, 2.05) is 18.5 Å². The summed E-state index contributed by atoms with van der Waals surface area (Å²) in [6, 6.07) is 4.75. The number of rotatable bonds is 3. The first-order valence-electron chi connectivity index (χ1n) is 5.15. The molecule has 1 atom stereocenters. The van der Waals surface area contributed by atoms with Gasteiger partial charge in [-0.05, 0) is 31.6 Å². The molecule has 0 saturated carbocycles. The van der Waals surface area contributed by atoms with Crippen molar-refractivity contribution >= 4 is 0 Å². The van der Waals surface area contributed by atoms with E-state index in [1.165, 1.54) is 25.1 Å². The fourth-order valence-electron chi connectivity index (χ4n) is 1.87. The van der Waals surface area contributed by atoms with E-state index in [4.69, 9.17) is 0 Å². The van der Waals surface area contributed by atoms with E-state index in [2.05, 4.69) is 28.3 Å². The van der Waals surface area contributed by atoms with Crippen LogP contribution in [0, 0.1) is 0 Å². The standard InChI is InChI=1S/C11H17N3/c1-14-6-4-11(9-14)13-8-10-3-2-5-12-7-10/h2-3,5,7,11,13H,4,6,8-9H2,1H3/t11-/m1/s1. The lowest BCUT2D eigenvalue weighted by Gasteiger charge is -2.12. The molecule has 1 N–H and O–H groups in total. The molecule has 1 fully saturated rings. The Bertz CT molecular complexity index is 273. The van der Waals surface area contributed by atoms with Crippen molar-refractivity contribution in [3.8, 4) is 0 Å². The van der Waals surface area contributed by atoms with Crippen LogP contribution >= 0.6 is 0 Å². The lowest BCUT2D eigenvalue weighted by molar-refractivity contribution is 0.397. The summed E-state index contributed by atoms with van der Waals surface area (Å²) in [5, 5.41) is 3.55. The summed E-state index contributed by atoms with van der Waals surface area (Å²) < 4.78 is 0. The van der Waals surface area contributed by atoms with Gasteiger partial charge in [-0.25, -0.2) is 0 Å². The van der Waals surface area contributed by atoms with E-state index in [-0.39, 0.29) is 0 Å². The van der Waals surface area contributed by atoms with Gasteiger partial charge in [0, 0.05) is 31.5 Å². The van der Waals surface area contributed by atoms with Crippen LogP contribution in [0.3, 0.4) is 0 Å². The van der Waals surface area contributed by atoms with Crippen molar-refractivity contribution < 1.29 is 0 Å². The van der Waals surface area contributed by atoms with E-state index >= 15 is 0 Å². The molecule has 0 aliphatic carbocycles. The largest absolute Gasteiger partial charge is 0.309 e. The topological polar surface area (TPSA) is 28.2 Å². The zero-order valence-electron chi connectivity index (χ0n) is 8.61. The van der Waals surface area contributed by atoms with Crippen molar-refractivity contribution in [2.45, 2.75) is 19.0 Å². The molecule has 14 heavy (non-hydrogen) atoms. The van der Waals surface area contributed by atoms with Crippen molar-refractivity contribution in [2.75, 3.05) is 20.1 Å². The molecule has 1 aliphatic heterocycles. The van der Waals surface area contributed by atoms with E-state index in [0.717, 1.165) is 6.54 Å². The van der Waals surface area contributed by atoms with Crippen LogP contribution in [-0.4, -0.2) is 36.1 Å². The first-order chi connectivity index (χ1) is 6.84. The lowest BCUT2D eigenvalue weighted by Crippen LogP contribution is -2.30. The predicted octanol–water partition coefficient (Wildman–Crippen LogP) is 0.875. The van der Waals surface area contributed by atoms with Crippen LogP contribution < -0.4 is 5.32 Å². The van der Waals surface area contributed by atoms with Crippen LogP contribution in [0.5, 0.6) is 0 Å². The van der Waals surface area contributed by atoms with E-state index in [0.29, 0.717) is 6.04 Å². The molecule has 2 rings (SSSR count). The summed E-state index contributed by atoms with van der Waals surface area (Å²) >= 11 is 0. The molecule has 0 aromatic carbocycles. The highest BCUT2D eigenvalue weighted by molar-refractivity contribution is 5.08. The molecule has 0 radical (unpaired) electrons. The van der Waals surface area contributed by atoms with E-state index in [9.17, 15) is 0 Å². The highest BCUT2D eigenvalue weighted by Crippen LogP contribution is 2.07. The molecule has 3 nitrogen and oxygen atoms in total. The third kappa shape index (κ3) is 2.53. The number of nitrogens with zero attached hydrogens (tertiary/aromatic N) is 2. The van der Waals surface area contributed by atoms with Crippen molar-refractivity contribution in [2.24, 2.45) is 0 Å². The molecule has 1 saturated heterocycles. The second-order valence-corrected chi connectivity index (χ2v) is 3.99. The summed E-state index contributed by atoms with van der Waals surface area (Å²) in [6.45, 7) is 3.32. The number of hydrogen-bond acceptors (Lipinski definition) is 3. The third-order valence-electron chi connectivity index (χ3n) is 2.71. The molecule has 2 heterocycles. The minimum atomic E-state index is 0.653. The summed E-state index contributed by atoms with van der Waals surface area (Å²) in [6.07, 6.45) is 5.00. The highest BCUT2D eigenvalue weighted by atomic mass is 15.2. The van der Waals surface area contributed by atoms with Crippen molar-refractivity contribution in [1.82, 2.24) is 15.2 Å². The van der Waals surface area contributed by atoms with Gasteiger partial charge in [-0.1, -0.05) is 6.07 Å². The number of nitrogens with one attached hydrogen (secondary N) is 1. The minimum absolute atomic E-state index is 0.653. The monoisotopic (exact) mass is 191 g/mol. The van der Waals surface area contributed by atoms with Crippen molar-refractivity contribution in [1.29, 1.82) is 0 Å². The zero-order chi connectivity index (χ0) is 9.80. The van der Waals surface area contributed by atoms with Crippen molar-refractivity contribution in [3.05, 3.63) is 30.1 Å². The van der Waals surface area contributed by atoms with Gasteiger partial charge < -0.3 is 10.2 Å². The predicted molar refractivity (Wildman–Crippen MR) is 57.0 cm³/mol. The molecule has 1 aliphatic rings. The molecule has 0 spiro atoms. The number of pyridine rings is 1. The number of likely N-dealkylation sites (N-methyl/N-ethyl adjacent to an activating group) is 1. The Labute approximate surface area is 85.1 Å². The summed E-state index contributed by atoms with van der Waals surface area (Å²) in [7, 11) is 2.17. The fraction of sp³-hybridized carbons (Fsp3) is 0.545. The Kier molecular flexibility index (Phi) is 3.11. The average Bonchev–Trinajstić information content (AvgIpc) is 2.63. The molecule has 1 aromatic rings. The van der Waals surface area contributed by atoms with Crippen LogP contribution in [-0.2, 0) is 6.54 Å². The molecule has 0 bridgehead atoms. The summed E-state index contributed by atoms with van der Waals surface area (Å²) in [4.78, 5) is 6.46. The molecule has 0 amide bonds. The van der Waals surface area contributed by atoms with Crippen LogP contribution in [0.2, 0.25) is 0 Å². The maximum absolute atomic E-state index is 4.09. The normalized spacial score (nSPS) is 22.8. The average molecular weight is 191 g/mol. The van der Waals surface area contributed by atoms with Crippen LogP contribution in [0.4, 0.5) is 0 Å². The van der Waals surface area contributed by atoms with Gasteiger partial charge in [-0.15, -0.1) is 0 Å². The second kappa shape index (κ2) is 4.53. The fourth-order valence-corrected chi connectivity index (χ4v) is 1.87. The highest BCUT2D eigenvalue weighted by Gasteiger charge is 2.18. The van der Waals surface area contributed by atoms with Gasteiger partial charge in [0.2, 0.25) is 0 Å². The Morgan fingerprint density at radius 1 is 1.64 bits per heavy atom. The maximum atomic E-state index is 4.09. The van der Waals surface area contributed by atoms with Gasteiger partial charge in [0.05, 0.1) is 0 Å². The Morgan fingerprint density at radius 3 is 3.21 bits per heavy atom. The van der Waals surface area contributed by atoms with Gasteiger partial charge in [0.25, 0.3) is 0 Å². The van der Waals surface area contributed by atoms with Gasteiger partial charge in [-0.2, -0.15) is 0 Å². The zero-order valence-corrected chi connectivity index (χ0v) is 8.61. The number of hydrogen-bond donors (Lipinski definition) is 1. The smallest absolute Gasteiger partial charge is 0.0312 e. The van der Waals surface area contributed by atoms with Gasteiger partial charge >= 0.3 is 0 Å². The molecule has 0 unspecified atom stereocenters. The maximum Gasteiger partial charge on any atom is 0.0312 e. The summed E-state index contributed by atoms with van der Waals surface area (Å²) in [5.41, 5.74) is 1.27. The molecule has 1 aromatic heterocycles. The number of aromatic nitrogens is 1. The van der Waals surface area contributed by atoms with Crippen LogP contribution in [0.25, 0.3) is 0 Å². The Hall–Kier alpha value is -0.930. The van der Waals surface area contributed by atoms with Gasteiger partial charge in [-0.3, -0.25) is 4.98 Å². The second-order valence-electron chi connectivity index (χ2n) is 3.99. The number of likely N-dealkylation sites (tertiary alicyclic amines) is 1. The van der Waals surface area contributed by atoms with E-state index < -0.39 is 0 Å². The van der Waals surface area contributed by atoms with Crippen LogP contribution in [0.15, 0.2) is 24.5 Å².